The number of nitrogens with one attached hydrogen (secondary N) is 2. The van der Waals surface area contributed by atoms with Gasteiger partial charge in [-0.2, -0.15) is 0 Å². The van der Waals surface area contributed by atoms with Crippen molar-refractivity contribution in [3.63, 3.8) is 0 Å². The summed E-state index contributed by atoms with van der Waals surface area (Å²) in [6.07, 6.45) is 3.63. The summed E-state index contributed by atoms with van der Waals surface area (Å²) in [5.41, 5.74) is 0. The van der Waals surface area contributed by atoms with Crippen LogP contribution in [0.15, 0.2) is 18.2 Å². The van der Waals surface area contributed by atoms with Crippen LogP contribution < -0.4 is 10.6 Å². The maximum Gasteiger partial charge on any atom is 0.220 e. The Balaban J connectivity index is 1.60. The summed E-state index contributed by atoms with van der Waals surface area (Å²) in [4.78, 5) is 15.5. The van der Waals surface area contributed by atoms with Crippen LogP contribution in [0.2, 0.25) is 5.15 Å². The normalized spacial score (nSPS) is 14.4. The van der Waals surface area contributed by atoms with Gasteiger partial charge >= 0.3 is 0 Å². The van der Waals surface area contributed by atoms with Gasteiger partial charge in [0.1, 0.15) is 11.0 Å². The van der Waals surface area contributed by atoms with Crippen LogP contribution in [0, 0.1) is 0 Å². The number of halogens is 1. The molecule has 1 aliphatic carbocycles. The van der Waals surface area contributed by atoms with Gasteiger partial charge in [-0.25, -0.2) is 4.98 Å². The van der Waals surface area contributed by atoms with Crippen LogP contribution in [0.3, 0.4) is 0 Å². The van der Waals surface area contributed by atoms with E-state index in [-0.39, 0.29) is 5.91 Å². The maximum absolute atomic E-state index is 11.4. The van der Waals surface area contributed by atoms with Crippen LogP contribution >= 0.6 is 11.6 Å². The monoisotopic (exact) mass is 253 g/mol. The van der Waals surface area contributed by atoms with Gasteiger partial charge in [0.2, 0.25) is 5.91 Å². The van der Waals surface area contributed by atoms with E-state index in [1.807, 2.05) is 12.1 Å². The molecule has 1 heterocycles. The summed E-state index contributed by atoms with van der Waals surface area (Å²) < 4.78 is 0. The highest BCUT2D eigenvalue weighted by Gasteiger charge is 2.22. The predicted octanol–water partition coefficient (Wildman–Crippen LogP) is 2.21. The first-order valence-electron chi connectivity index (χ1n) is 5.90. The summed E-state index contributed by atoms with van der Waals surface area (Å²) in [5, 5.41) is 6.57. The second-order valence-electron chi connectivity index (χ2n) is 4.22. The first-order valence-corrected chi connectivity index (χ1v) is 6.27. The molecule has 1 aromatic rings. The molecule has 1 amide bonds. The Bertz CT molecular complexity index is 393. The number of rotatable bonds is 6. The lowest BCUT2D eigenvalue weighted by atomic mass is 10.3. The number of nitrogens with zero attached hydrogens (tertiary/aromatic N) is 1. The van der Waals surface area contributed by atoms with E-state index < -0.39 is 0 Å². The van der Waals surface area contributed by atoms with Crippen LogP contribution in [0.4, 0.5) is 5.82 Å². The molecule has 1 saturated carbocycles. The molecule has 0 radical (unpaired) electrons. The minimum atomic E-state index is 0.147. The van der Waals surface area contributed by atoms with Gasteiger partial charge in [-0.1, -0.05) is 17.7 Å². The third kappa shape index (κ3) is 4.61. The topological polar surface area (TPSA) is 54.0 Å². The largest absolute Gasteiger partial charge is 0.370 e. The average Bonchev–Trinajstić information content (AvgIpc) is 3.08. The number of pyridine rings is 1. The fourth-order valence-electron chi connectivity index (χ4n) is 1.50. The molecule has 0 aromatic carbocycles. The fourth-order valence-corrected chi connectivity index (χ4v) is 1.66. The van der Waals surface area contributed by atoms with E-state index in [0.29, 0.717) is 17.6 Å². The average molecular weight is 254 g/mol. The molecule has 0 aliphatic heterocycles. The highest BCUT2D eigenvalue weighted by Crippen LogP contribution is 2.18. The Morgan fingerprint density at radius 1 is 1.47 bits per heavy atom. The number of hydrogen-bond donors (Lipinski definition) is 2. The zero-order chi connectivity index (χ0) is 12.1. The molecule has 92 valence electrons. The molecule has 1 aromatic heterocycles. The number of carbonyl (C=O) groups is 1. The van der Waals surface area contributed by atoms with Crippen molar-refractivity contribution in [2.45, 2.75) is 31.7 Å². The molecule has 0 saturated heterocycles. The Labute approximate surface area is 106 Å². The number of hydrogen-bond acceptors (Lipinski definition) is 3. The Hall–Kier alpha value is -1.29. The van der Waals surface area contributed by atoms with E-state index >= 15 is 0 Å². The summed E-state index contributed by atoms with van der Waals surface area (Å²) in [6.45, 7) is 0.728. The molecule has 2 N–H and O–H groups in total. The fraction of sp³-hybridized carbons (Fsp3) is 0.500. The van der Waals surface area contributed by atoms with Gasteiger partial charge in [-0.3, -0.25) is 4.79 Å². The predicted molar refractivity (Wildman–Crippen MR) is 68.1 cm³/mol. The maximum atomic E-state index is 11.4. The van der Waals surface area contributed by atoms with Gasteiger partial charge in [0.25, 0.3) is 0 Å². The number of anilines is 1. The van der Waals surface area contributed by atoms with Crippen LogP contribution in [0.5, 0.6) is 0 Å². The third-order valence-electron chi connectivity index (χ3n) is 2.54. The lowest BCUT2D eigenvalue weighted by Crippen LogP contribution is -2.25. The van der Waals surface area contributed by atoms with Gasteiger partial charge in [0, 0.05) is 19.0 Å². The summed E-state index contributed by atoms with van der Waals surface area (Å²) in [7, 11) is 0. The lowest BCUT2D eigenvalue weighted by Gasteiger charge is -2.06. The van der Waals surface area contributed by atoms with E-state index in [0.717, 1.165) is 31.6 Å². The van der Waals surface area contributed by atoms with Crippen molar-refractivity contribution in [1.82, 2.24) is 10.3 Å². The first kappa shape index (κ1) is 12.2. The Morgan fingerprint density at radius 3 is 3.00 bits per heavy atom. The zero-order valence-electron chi connectivity index (χ0n) is 9.58. The van der Waals surface area contributed by atoms with E-state index in [1.165, 1.54) is 0 Å². The van der Waals surface area contributed by atoms with E-state index in [1.54, 1.807) is 6.07 Å². The Kier molecular flexibility index (Phi) is 4.20. The number of aromatic nitrogens is 1. The van der Waals surface area contributed by atoms with Crippen molar-refractivity contribution >= 4 is 23.3 Å². The number of amides is 1. The van der Waals surface area contributed by atoms with Crippen LogP contribution in [-0.2, 0) is 4.79 Å². The highest BCUT2D eigenvalue weighted by molar-refractivity contribution is 6.29. The van der Waals surface area contributed by atoms with E-state index in [9.17, 15) is 4.79 Å². The van der Waals surface area contributed by atoms with Crippen LogP contribution in [-0.4, -0.2) is 23.5 Å². The molecule has 5 heteroatoms. The Morgan fingerprint density at radius 2 is 2.29 bits per heavy atom. The molecule has 0 unspecified atom stereocenters. The third-order valence-corrected chi connectivity index (χ3v) is 2.75. The molecule has 17 heavy (non-hydrogen) atoms. The quantitative estimate of drug-likeness (QED) is 0.604. The molecular weight excluding hydrogens is 238 g/mol. The molecule has 0 bridgehead atoms. The molecule has 0 spiro atoms. The smallest absolute Gasteiger partial charge is 0.220 e. The van der Waals surface area contributed by atoms with Gasteiger partial charge in [-0.05, 0) is 31.4 Å². The highest BCUT2D eigenvalue weighted by atomic mass is 35.5. The molecule has 1 fully saturated rings. The minimum absolute atomic E-state index is 0.147. The minimum Gasteiger partial charge on any atom is -0.370 e. The second kappa shape index (κ2) is 5.87. The first-order chi connectivity index (χ1) is 8.24. The van der Waals surface area contributed by atoms with Gasteiger partial charge in [-0.15, -0.1) is 0 Å². The SMILES string of the molecule is O=C(CCCNc1cccc(Cl)n1)NC1CC1. The van der Waals surface area contributed by atoms with E-state index in [2.05, 4.69) is 15.6 Å². The van der Waals surface area contributed by atoms with Crippen molar-refractivity contribution < 1.29 is 4.79 Å². The summed E-state index contributed by atoms with van der Waals surface area (Å²) in [5.74, 6) is 0.897. The second-order valence-corrected chi connectivity index (χ2v) is 4.60. The van der Waals surface area contributed by atoms with Gasteiger partial charge in [0.05, 0.1) is 0 Å². The van der Waals surface area contributed by atoms with Gasteiger partial charge < -0.3 is 10.6 Å². The van der Waals surface area contributed by atoms with E-state index in [4.69, 9.17) is 11.6 Å². The van der Waals surface area contributed by atoms with Gasteiger partial charge in [0.15, 0.2) is 0 Å². The molecule has 1 aliphatic rings. The molecular formula is C12H16ClN3O. The van der Waals surface area contributed by atoms with Crippen molar-refractivity contribution in [3.8, 4) is 0 Å². The van der Waals surface area contributed by atoms with Crippen LogP contribution in [0.1, 0.15) is 25.7 Å². The van der Waals surface area contributed by atoms with Crippen molar-refractivity contribution in [3.05, 3.63) is 23.4 Å². The number of carbonyl (C=O) groups excluding carboxylic acids is 1. The van der Waals surface area contributed by atoms with Crippen molar-refractivity contribution in [2.24, 2.45) is 0 Å². The summed E-state index contributed by atoms with van der Waals surface area (Å²) >= 11 is 5.76. The molecule has 4 nitrogen and oxygen atoms in total. The standard InChI is InChI=1S/C12H16ClN3O/c13-10-3-1-4-11(16-10)14-8-2-5-12(17)15-9-6-7-9/h1,3-4,9H,2,5-8H2,(H,14,16)(H,15,17). The lowest BCUT2D eigenvalue weighted by molar-refractivity contribution is -0.121. The van der Waals surface area contributed by atoms with Crippen molar-refractivity contribution in [1.29, 1.82) is 0 Å². The molecule has 0 atom stereocenters. The summed E-state index contributed by atoms with van der Waals surface area (Å²) in [6, 6.07) is 5.88. The molecule has 2 rings (SSSR count). The van der Waals surface area contributed by atoms with Crippen molar-refractivity contribution in [2.75, 3.05) is 11.9 Å². The zero-order valence-corrected chi connectivity index (χ0v) is 10.3. The van der Waals surface area contributed by atoms with Crippen LogP contribution in [0.25, 0.3) is 0 Å².